The maximum absolute atomic E-state index is 12.2. The second-order valence-electron chi connectivity index (χ2n) is 6.91. The summed E-state index contributed by atoms with van der Waals surface area (Å²) in [5.74, 6) is 0.734. The number of hydrogen-bond acceptors (Lipinski definition) is 3. The minimum absolute atomic E-state index is 0.0384. The van der Waals surface area contributed by atoms with Crippen molar-refractivity contribution >= 4 is 29.1 Å². The van der Waals surface area contributed by atoms with Crippen molar-refractivity contribution in [2.24, 2.45) is 11.8 Å². The highest BCUT2D eigenvalue weighted by Crippen LogP contribution is 2.25. The van der Waals surface area contributed by atoms with Crippen LogP contribution in [0.2, 0.25) is 10.0 Å². The molecule has 0 aliphatic carbocycles. The average molecular weight is 383 g/mol. The quantitative estimate of drug-likeness (QED) is 0.746. The summed E-state index contributed by atoms with van der Waals surface area (Å²) in [5, 5.41) is 12.4. The lowest BCUT2D eigenvalue weighted by molar-refractivity contribution is -0.122. The lowest BCUT2D eigenvalue weighted by Gasteiger charge is -2.20. The van der Waals surface area contributed by atoms with E-state index in [2.05, 4.69) is 29.5 Å². The molecule has 1 amide bonds. The molecule has 2 rings (SSSR count). The molecule has 1 aromatic carbocycles. The van der Waals surface area contributed by atoms with E-state index in [1.165, 1.54) is 0 Å². The molecule has 5 nitrogen and oxygen atoms in total. The van der Waals surface area contributed by atoms with Gasteiger partial charge in [0.15, 0.2) is 0 Å². The summed E-state index contributed by atoms with van der Waals surface area (Å²) < 4.78 is 1.63. The van der Waals surface area contributed by atoms with Crippen molar-refractivity contribution in [3.8, 4) is 5.69 Å². The summed E-state index contributed by atoms with van der Waals surface area (Å²) in [4.78, 5) is 12.2. The molecule has 136 valence electrons. The third-order valence-electron chi connectivity index (χ3n) is 3.93. The van der Waals surface area contributed by atoms with Gasteiger partial charge in [-0.15, -0.1) is 5.10 Å². The van der Waals surface area contributed by atoms with E-state index < -0.39 is 0 Å². The Morgan fingerprint density at radius 3 is 2.52 bits per heavy atom. The highest BCUT2D eigenvalue weighted by molar-refractivity contribution is 6.42. The zero-order valence-electron chi connectivity index (χ0n) is 15.0. The summed E-state index contributed by atoms with van der Waals surface area (Å²) in [5.41, 5.74) is 1.49. The van der Waals surface area contributed by atoms with Gasteiger partial charge in [0.25, 0.3) is 0 Å². The molecule has 0 saturated carbocycles. The first kappa shape index (κ1) is 19.7. The summed E-state index contributed by atoms with van der Waals surface area (Å²) >= 11 is 12.0. The van der Waals surface area contributed by atoms with Crippen LogP contribution in [0, 0.1) is 11.8 Å². The number of benzene rings is 1. The molecule has 7 heteroatoms. The molecule has 1 atom stereocenters. The SMILES string of the molecule is CC(C)CCC(=O)N[C@H](c1cn(-c2ccc(Cl)c(Cl)c2)nn1)C(C)C. The molecule has 1 heterocycles. The van der Waals surface area contributed by atoms with E-state index in [0.29, 0.717) is 22.4 Å². The molecule has 0 saturated heterocycles. The Hall–Kier alpha value is -1.59. The van der Waals surface area contributed by atoms with Gasteiger partial charge in [-0.1, -0.05) is 56.1 Å². The number of amides is 1. The monoisotopic (exact) mass is 382 g/mol. The fourth-order valence-electron chi connectivity index (χ4n) is 2.42. The average Bonchev–Trinajstić information content (AvgIpc) is 3.02. The van der Waals surface area contributed by atoms with Crippen molar-refractivity contribution in [2.45, 2.75) is 46.6 Å². The molecule has 0 spiro atoms. The van der Waals surface area contributed by atoms with Gasteiger partial charge in [-0.2, -0.15) is 0 Å². The molecular weight excluding hydrogens is 359 g/mol. The first-order valence-electron chi connectivity index (χ1n) is 8.45. The number of nitrogens with one attached hydrogen (secondary N) is 1. The van der Waals surface area contributed by atoms with Crippen LogP contribution in [0.15, 0.2) is 24.4 Å². The van der Waals surface area contributed by atoms with E-state index in [1.807, 2.05) is 26.1 Å². The van der Waals surface area contributed by atoms with E-state index in [9.17, 15) is 4.79 Å². The maximum atomic E-state index is 12.2. The van der Waals surface area contributed by atoms with Gasteiger partial charge in [0.1, 0.15) is 5.69 Å². The Labute approximate surface area is 158 Å². The van der Waals surface area contributed by atoms with E-state index in [1.54, 1.807) is 16.8 Å². The highest BCUT2D eigenvalue weighted by Gasteiger charge is 2.22. The minimum atomic E-state index is -0.184. The Kier molecular flexibility index (Phi) is 6.85. The Bertz CT molecular complexity index is 728. The zero-order valence-corrected chi connectivity index (χ0v) is 16.5. The van der Waals surface area contributed by atoms with Crippen LogP contribution in [0.3, 0.4) is 0 Å². The number of rotatable bonds is 7. The number of nitrogens with zero attached hydrogens (tertiary/aromatic N) is 3. The van der Waals surface area contributed by atoms with Crippen molar-refractivity contribution in [3.05, 3.63) is 40.1 Å². The molecule has 25 heavy (non-hydrogen) atoms. The molecule has 0 bridgehead atoms. The molecule has 0 aliphatic rings. The van der Waals surface area contributed by atoms with Gasteiger partial charge in [0.2, 0.25) is 5.91 Å². The second-order valence-corrected chi connectivity index (χ2v) is 7.72. The van der Waals surface area contributed by atoms with Gasteiger partial charge in [-0.05, 0) is 36.5 Å². The fourth-order valence-corrected chi connectivity index (χ4v) is 2.71. The summed E-state index contributed by atoms with van der Waals surface area (Å²) in [6.45, 7) is 8.31. The number of halogens is 2. The molecule has 0 unspecified atom stereocenters. The third-order valence-corrected chi connectivity index (χ3v) is 4.67. The molecule has 0 aliphatic heterocycles. The zero-order chi connectivity index (χ0) is 18.6. The highest BCUT2D eigenvalue weighted by atomic mass is 35.5. The lowest BCUT2D eigenvalue weighted by atomic mass is 10.0. The first-order chi connectivity index (χ1) is 11.8. The molecular formula is C18H24Cl2N4O. The van der Waals surface area contributed by atoms with Gasteiger partial charge in [-0.3, -0.25) is 4.79 Å². The lowest BCUT2D eigenvalue weighted by Crippen LogP contribution is -2.32. The largest absolute Gasteiger partial charge is 0.347 e. The fraction of sp³-hybridized carbons (Fsp3) is 0.500. The molecule has 1 aromatic heterocycles. The van der Waals surface area contributed by atoms with E-state index in [4.69, 9.17) is 23.2 Å². The van der Waals surface area contributed by atoms with Crippen LogP contribution in [-0.4, -0.2) is 20.9 Å². The van der Waals surface area contributed by atoms with Crippen LogP contribution >= 0.6 is 23.2 Å². The molecule has 0 fully saturated rings. The predicted molar refractivity (Wildman–Crippen MR) is 101 cm³/mol. The molecule has 0 radical (unpaired) electrons. The summed E-state index contributed by atoms with van der Waals surface area (Å²) in [7, 11) is 0. The van der Waals surface area contributed by atoms with Crippen LogP contribution in [0.4, 0.5) is 0 Å². The van der Waals surface area contributed by atoms with Gasteiger partial charge >= 0.3 is 0 Å². The van der Waals surface area contributed by atoms with Gasteiger partial charge in [0.05, 0.1) is 28.0 Å². The van der Waals surface area contributed by atoms with Crippen LogP contribution < -0.4 is 5.32 Å². The second kappa shape index (κ2) is 8.68. The van der Waals surface area contributed by atoms with Crippen molar-refractivity contribution in [2.75, 3.05) is 0 Å². The first-order valence-corrected chi connectivity index (χ1v) is 9.20. The van der Waals surface area contributed by atoms with Crippen molar-refractivity contribution in [1.29, 1.82) is 0 Å². The smallest absolute Gasteiger partial charge is 0.220 e. The predicted octanol–water partition coefficient (Wildman–Crippen LogP) is 4.82. The van der Waals surface area contributed by atoms with Crippen LogP contribution in [-0.2, 0) is 4.79 Å². The standard InChI is InChI=1S/C18H24Cl2N4O/c1-11(2)5-8-17(25)21-18(12(3)4)16-10-24(23-22-16)13-6-7-14(19)15(20)9-13/h6-7,9-12,18H,5,8H2,1-4H3,(H,21,25)/t18-/m0/s1. The van der Waals surface area contributed by atoms with Gasteiger partial charge in [-0.25, -0.2) is 4.68 Å². The number of aromatic nitrogens is 3. The van der Waals surface area contributed by atoms with Crippen LogP contribution in [0.5, 0.6) is 0 Å². The van der Waals surface area contributed by atoms with Gasteiger partial charge < -0.3 is 5.32 Å². The van der Waals surface area contributed by atoms with E-state index in [0.717, 1.165) is 17.8 Å². The topological polar surface area (TPSA) is 59.8 Å². The van der Waals surface area contributed by atoms with E-state index in [-0.39, 0.29) is 17.9 Å². The Morgan fingerprint density at radius 1 is 1.20 bits per heavy atom. The van der Waals surface area contributed by atoms with Gasteiger partial charge in [0, 0.05) is 6.42 Å². The summed E-state index contributed by atoms with van der Waals surface area (Å²) in [6, 6.07) is 5.08. The van der Waals surface area contributed by atoms with Crippen LogP contribution in [0.25, 0.3) is 5.69 Å². The third kappa shape index (κ3) is 5.44. The van der Waals surface area contributed by atoms with Crippen molar-refractivity contribution in [3.63, 3.8) is 0 Å². The summed E-state index contributed by atoms with van der Waals surface area (Å²) in [6.07, 6.45) is 3.20. The Morgan fingerprint density at radius 2 is 1.92 bits per heavy atom. The molecule has 1 N–H and O–H groups in total. The minimum Gasteiger partial charge on any atom is -0.347 e. The number of carbonyl (C=O) groups is 1. The Balaban J connectivity index is 2.15. The van der Waals surface area contributed by atoms with Crippen LogP contribution in [0.1, 0.15) is 52.3 Å². The van der Waals surface area contributed by atoms with E-state index >= 15 is 0 Å². The van der Waals surface area contributed by atoms with Crippen molar-refractivity contribution < 1.29 is 4.79 Å². The number of hydrogen-bond donors (Lipinski definition) is 1. The maximum Gasteiger partial charge on any atom is 0.220 e. The molecule has 2 aromatic rings. The normalized spacial score (nSPS) is 12.6. The van der Waals surface area contributed by atoms with Crippen molar-refractivity contribution in [1.82, 2.24) is 20.3 Å². The number of carbonyl (C=O) groups excluding carboxylic acids is 1.